The smallest absolute Gasteiger partial charge is 0.218 e. The molecule has 0 saturated carbocycles. The summed E-state index contributed by atoms with van der Waals surface area (Å²) in [6.07, 6.45) is 4.74. The molecule has 2 rings (SSSR count). The maximum Gasteiger partial charge on any atom is 0.218 e. The standard InChI is InChI=1S/C13H22N4O/c1-2-12-15-11(14)10-13(16-12)18-9-8-17-6-4-3-5-7-17/h10H,2-9H2,1H3,(H2,14,15,16). The van der Waals surface area contributed by atoms with E-state index in [1.54, 1.807) is 6.07 Å². The second-order valence-corrected chi connectivity index (χ2v) is 4.65. The Bertz CT molecular complexity index is 377. The fraction of sp³-hybridized carbons (Fsp3) is 0.692. The minimum Gasteiger partial charge on any atom is -0.476 e. The third kappa shape index (κ3) is 3.84. The Labute approximate surface area is 108 Å². The first kappa shape index (κ1) is 13.1. The summed E-state index contributed by atoms with van der Waals surface area (Å²) in [6, 6.07) is 1.69. The summed E-state index contributed by atoms with van der Waals surface area (Å²) in [7, 11) is 0. The number of ether oxygens (including phenoxy) is 1. The summed E-state index contributed by atoms with van der Waals surface area (Å²) in [4.78, 5) is 10.9. The third-order valence-electron chi connectivity index (χ3n) is 3.19. The van der Waals surface area contributed by atoms with Gasteiger partial charge < -0.3 is 10.5 Å². The predicted molar refractivity (Wildman–Crippen MR) is 71.6 cm³/mol. The first-order valence-corrected chi connectivity index (χ1v) is 6.76. The van der Waals surface area contributed by atoms with Gasteiger partial charge in [-0.2, -0.15) is 4.98 Å². The van der Waals surface area contributed by atoms with Gasteiger partial charge >= 0.3 is 0 Å². The van der Waals surface area contributed by atoms with Crippen molar-refractivity contribution in [2.24, 2.45) is 0 Å². The third-order valence-corrected chi connectivity index (χ3v) is 3.19. The first-order chi connectivity index (χ1) is 8.78. The molecule has 0 radical (unpaired) electrons. The van der Waals surface area contributed by atoms with E-state index in [1.165, 1.54) is 32.4 Å². The maximum atomic E-state index is 5.71. The van der Waals surface area contributed by atoms with Crippen LogP contribution in [0.1, 0.15) is 32.0 Å². The molecular formula is C13H22N4O. The average Bonchev–Trinajstić information content (AvgIpc) is 2.39. The molecule has 1 aliphatic heterocycles. The lowest BCUT2D eigenvalue weighted by Crippen LogP contribution is -2.33. The van der Waals surface area contributed by atoms with Crippen molar-refractivity contribution in [1.82, 2.24) is 14.9 Å². The summed E-state index contributed by atoms with van der Waals surface area (Å²) < 4.78 is 5.66. The Balaban J connectivity index is 1.80. The number of anilines is 1. The molecule has 5 heteroatoms. The molecular weight excluding hydrogens is 228 g/mol. The Morgan fingerprint density at radius 3 is 2.78 bits per heavy atom. The summed E-state index contributed by atoms with van der Waals surface area (Å²) in [5.41, 5.74) is 5.71. The second-order valence-electron chi connectivity index (χ2n) is 4.65. The van der Waals surface area contributed by atoms with Crippen LogP contribution in [0.3, 0.4) is 0 Å². The Hall–Kier alpha value is -1.36. The lowest BCUT2D eigenvalue weighted by atomic mass is 10.1. The van der Waals surface area contributed by atoms with Crippen molar-refractivity contribution in [2.75, 3.05) is 32.0 Å². The topological polar surface area (TPSA) is 64.3 Å². The van der Waals surface area contributed by atoms with Gasteiger partial charge in [0.15, 0.2) is 0 Å². The van der Waals surface area contributed by atoms with Gasteiger partial charge in [-0.05, 0) is 25.9 Å². The number of hydrogen-bond acceptors (Lipinski definition) is 5. The zero-order valence-electron chi connectivity index (χ0n) is 11.1. The van der Waals surface area contributed by atoms with E-state index in [1.807, 2.05) is 6.92 Å². The number of nitrogen functional groups attached to an aromatic ring is 1. The number of likely N-dealkylation sites (tertiary alicyclic amines) is 1. The van der Waals surface area contributed by atoms with E-state index in [0.29, 0.717) is 18.3 Å². The highest BCUT2D eigenvalue weighted by Gasteiger charge is 2.10. The van der Waals surface area contributed by atoms with Crippen LogP contribution >= 0.6 is 0 Å². The molecule has 0 spiro atoms. The van der Waals surface area contributed by atoms with Crippen molar-refractivity contribution in [3.05, 3.63) is 11.9 Å². The summed E-state index contributed by atoms with van der Waals surface area (Å²) in [5.74, 6) is 1.81. The molecule has 1 aromatic heterocycles. The van der Waals surface area contributed by atoms with E-state index in [-0.39, 0.29) is 0 Å². The molecule has 1 saturated heterocycles. The Morgan fingerprint density at radius 2 is 2.06 bits per heavy atom. The van der Waals surface area contributed by atoms with Gasteiger partial charge in [0, 0.05) is 19.0 Å². The molecule has 1 fully saturated rings. The largest absolute Gasteiger partial charge is 0.476 e. The maximum absolute atomic E-state index is 5.71. The predicted octanol–water partition coefficient (Wildman–Crippen LogP) is 1.49. The van der Waals surface area contributed by atoms with Crippen LogP contribution in [0.25, 0.3) is 0 Å². The molecule has 0 aromatic carbocycles. The van der Waals surface area contributed by atoms with E-state index in [0.717, 1.165) is 18.8 Å². The molecule has 0 atom stereocenters. The number of piperidine rings is 1. The SMILES string of the molecule is CCc1nc(N)cc(OCCN2CCCCC2)n1. The highest BCUT2D eigenvalue weighted by Crippen LogP contribution is 2.12. The number of nitrogens with two attached hydrogens (primary N) is 1. The van der Waals surface area contributed by atoms with E-state index in [9.17, 15) is 0 Å². The van der Waals surface area contributed by atoms with E-state index in [2.05, 4.69) is 14.9 Å². The molecule has 1 aliphatic rings. The lowest BCUT2D eigenvalue weighted by Gasteiger charge is -2.26. The molecule has 0 amide bonds. The molecule has 5 nitrogen and oxygen atoms in total. The van der Waals surface area contributed by atoms with Crippen LogP contribution in [-0.2, 0) is 6.42 Å². The van der Waals surface area contributed by atoms with Crippen LogP contribution in [0.5, 0.6) is 5.88 Å². The van der Waals surface area contributed by atoms with Crippen LogP contribution < -0.4 is 10.5 Å². The van der Waals surface area contributed by atoms with E-state index >= 15 is 0 Å². The number of rotatable bonds is 5. The minimum absolute atomic E-state index is 0.481. The van der Waals surface area contributed by atoms with Gasteiger partial charge in [-0.25, -0.2) is 4.98 Å². The molecule has 1 aromatic rings. The van der Waals surface area contributed by atoms with Crippen LogP contribution in [0.15, 0.2) is 6.07 Å². The molecule has 2 N–H and O–H groups in total. The van der Waals surface area contributed by atoms with Gasteiger partial charge in [0.2, 0.25) is 5.88 Å². The van der Waals surface area contributed by atoms with E-state index in [4.69, 9.17) is 10.5 Å². The first-order valence-electron chi connectivity index (χ1n) is 6.76. The fourth-order valence-electron chi connectivity index (χ4n) is 2.19. The Kier molecular flexibility index (Phi) is 4.75. The molecule has 0 bridgehead atoms. The monoisotopic (exact) mass is 250 g/mol. The Morgan fingerprint density at radius 1 is 1.28 bits per heavy atom. The van der Waals surface area contributed by atoms with Crippen LogP contribution in [0.4, 0.5) is 5.82 Å². The van der Waals surface area contributed by atoms with Crippen molar-refractivity contribution in [3.8, 4) is 5.88 Å². The number of aromatic nitrogens is 2. The summed E-state index contributed by atoms with van der Waals surface area (Å²) in [6.45, 7) is 6.02. The molecule has 18 heavy (non-hydrogen) atoms. The van der Waals surface area contributed by atoms with Crippen LogP contribution in [0.2, 0.25) is 0 Å². The number of hydrogen-bond donors (Lipinski definition) is 1. The highest BCUT2D eigenvalue weighted by molar-refractivity contribution is 5.32. The van der Waals surface area contributed by atoms with Gasteiger partial charge in [0.05, 0.1) is 0 Å². The normalized spacial score (nSPS) is 16.7. The summed E-state index contributed by atoms with van der Waals surface area (Å²) >= 11 is 0. The quantitative estimate of drug-likeness (QED) is 0.857. The van der Waals surface area contributed by atoms with Crippen molar-refractivity contribution in [2.45, 2.75) is 32.6 Å². The van der Waals surface area contributed by atoms with Gasteiger partial charge in [-0.3, -0.25) is 4.90 Å². The summed E-state index contributed by atoms with van der Waals surface area (Å²) in [5, 5.41) is 0. The zero-order chi connectivity index (χ0) is 12.8. The molecule has 0 unspecified atom stereocenters. The molecule has 100 valence electrons. The van der Waals surface area contributed by atoms with Crippen LogP contribution in [0, 0.1) is 0 Å². The lowest BCUT2D eigenvalue weighted by molar-refractivity contribution is 0.180. The van der Waals surface area contributed by atoms with Crippen molar-refractivity contribution in [1.29, 1.82) is 0 Å². The molecule has 0 aliphatic carbocycles. The average molecular weight is 250 g/mol. The highest BCUT2D eigenvalue weighted by atomic mass is 16.5. The number of aryl methyl sites for hydroxylation is 1. The van der Waals surface area contributed by atoms with Gasteiger partial charge in [0.1, 0.15) is 18.2 Å². The van der Waals surface area contributed by atoms with Gasteiger partial charge in [-0.15, -0.1) is 0 Å². The second kappa shape index (κ2) is 6.54. The number of nitrogens with zero attached hydrogens (tertiary/aromatic N) is 3. The van der Waals surface area contributed by atoms with Gasteiger partial charge in [-0.1, -0.05) is 13.3 Å². The van der Waals surface area contributed by atoms with Gasteiger partial charge in [0.25, 0.3) is 0 Å². The zero-order valence-corrected chi connectivity index (χ0v) is 11.1. The molecule has 2 heterocycles. The van der Waals surface area contributed by atoms with Crippen molar-refractivity contribution in [3.63, 3.8) is 0 Å². The fourth-order valence-corrected chi connectivity index (χ4v) is 2.19. The van der Waals surface area contributed by atoms with Crippen molar-refractivity contribution < 1.29 is 4.74 Å². The minimum atomic E-state index is 0.481. The van der Waals surface area contributed by atoms with Crippen molar-refractivity contribution >= 4 is 5.82 Å². The van der Waals surface area contributed by atoms with E-state index < -0.39 is 0 Å². The van der Waals surface area contributed by atoms with Crippen LogP contribution in [-0.4, -0.2) is 41.1 Å².